The van der Waals surface area contributed by atoms with E-state index in [1.54, 1.807) is 18.2 Å². The van der Waals surface area contributed by atoms with Gasteiger partial charge in [-0.15, -0.1) is 0 Å². The zero-order valence-electron chi connectivity index (χ0n) is 11.4. The molecule has 0 atom stereocenters. The maximum absolute atomic E-state index is 14.3. The van der Waals surface area contributed by atoms with Crippen LogP contribution < -0.4 is 5.32 Å². The normalized spacial score (nSPS) is 17.9. The van der Waals surface area contributed by atoms with E-state index in [1.165, 1.54) is 12.1 Å². The van der Waals surface area contributed by atoms with Crippen LogP contribution in [0.25, 0.3) is 0 Å². The number of piperidine rings is 1. The highest BCUT2D eigenvalue weighted by atomic mass is 19.3. The van der Waals surface area contributed by atoms with Crippen molar-refractivity contribution in [3.8, 4) is 0 Å². The minimum absolute atomic E-state index is 0.113. The van der Waals surface area contributed by atoms with Gasteiger partial charge in [-0.3, -0.25) is 4.90 Å². The summed E-state index contributed by atoms with van der Waals surface area (Å²) >= 11 is 0. The second-order valence-electron chi connectivity index (χ2n) is 5.11. The van der Waals surface area contributed by atoms with Crippen LogP contribution in [0.15, 0.2) is 30.3 Å². The lowest BCUT2D eigenvalue weighted by Crippen LogP contribution is -2.46. The molecular weight excluding hydrogens is 246 g/mol. The maximum atomic E-state index is 14.3. The first-order valence-electron chi connectivity index (χ1n) is 7.01. The highest BCUT2D eigenvalue weighted by Crippen LogP contribution is 2.30. The van der Waals surface area contributed by atoms with E-state index in [4.69, 9.17) is 0 Å². The Morgan fingerprint density at radius 2 is 1.84 bits per heavy atom. The summed E-state index contributed by atoms with van der Waals surface area (Å²) in [4.78, 5) is 1.92. The van der Waals surface area contributed by atoms with Crippen LogP contribution in [0.2, 0.25) is 0 Å². The molecule has 2 rings (SSSR count). The van der Waals surface area contributed by atoms with Gasteiger partial charge in [-0.2, -0.15) is 8.78 Å². The van der Waals surface area contributed by atoms with Gasteiger partial charge in [-0.05, 0) is 32.5 Å². The summed E-state index contributed by atoms with van der Waals surface area (Å²) in [5.74, 6) is -2.78. The first-order valence-corrected chi connectivity index (χ1v) is 7.01. The number of benzene rings is 1. The molecule has 1 aromatic carbocycles. The lowest BCUT2D eigenvalue weighted by molar-refractivity contribution is -0.0496. The number of likely N-dealkylation sites (N-methyl/N-ethyl adjacent to an activating group) is 1. The van der Waals surface area contributed by atoms with Crippen molar-refractivity contribution in [3.63, 3.8) is 0 Å². The molecule has 106 valence electrons. The molecule has 1 N–H and O–H groups in total. The van der Waals surface area contributed by atoms with Crippen molar-refractivity contribution in [3.05, 3.63) is 35.9 Å². The minimum atomic E-state index is -2.78. The van der Waals surface area contributed by atoms with Crippen LogP contribution in [0.1, 0.15) is 25.3 Å². The third-order valence-electron chi connectivity index (χ3n) is 3.83. The van der Waals surface area contributed by atoms with Gasteiger partial charge in [0.1, 0.15) is 0 Å². The van der Waals surface area contributed by atoms with Crippen molar-refractivity contribution < 1.29 is 8.78 Å². The third kappa shape index (κ3) is 3.74. The molecule has 0 saturated carbocycles. The fourth-order valence-electron chi connectivity index (χ4n) is 2.70. The van der Waals surface area contributed by atoms with E-state index >= 15 is 0 Å². The summed E-state index contributed by atoms with van der Waals surface area (Å²) in [5, 5.41) is 3.27. The van der Waals surface area contributed by atoms with Crippen molar-refractivity contribution in [1.82, 2.24) is 10.2 Å². The van der Waals surface area contributed by atoms with Crippen molar-refractivity contribution >= 4 is 0 Å². The van der Waals surface area contributed by atoms with Crippen LogP contribution in [0, 0.1) is 0 Å². The molecule has 1 aromatic rings. The highest BCUT2D eigenvalue weighted by molar-refractivity contribution is 5.20. The third-order valence-corrected chi connectivity index (χ3v) is 3.83. The molecule has 0 unspecified atom stereocenters. The molecule has 1 aliphatic heterocycles. The summed E-state index contributed by atoms with van der Waals surface area (Å²) in [5.41, 5.74) is 0.113. The van der Waals surface area contributed by atoms with Gasteiger partial charge in [0.05, 0.1) is 6.54 Å². The molecule has 2 nitrogen and oxygen atoms in total. The molecule has 19 heavy (non-hydrogen) atoms. The Bertz CT molecular complexity index is 375. The number of alkyl halides is 2. The number of rotatable bonds is 5. The standard InChI is InChI=1S/C15H22F2N2/c1-2-19(14-8-10-18-11-9-14)12-15(16,17)13-6-4-3-5-7-13/h3-7,14,18H,2,8-12H2,1H3. The van der Waals surface area contributed by atoms with Gasteiger partial charge < -0.3 is 5.32 Å². The molecule has 0 bridgehead atoms. The van der Waals surface area contributed by atoms with Gasteiger partial charge in [0.15, 0.2) is 0 Å². The van der Waals surface area contributed by atoms with Gasteiger partial charge >= 0.3 is 0 Å². The molecule has 0 radical (unpaired) electrons. The first kappa shape index (κ1) is 14.4. The molecule has 0 aromatic heterocycles. The molecule has 1 saturated heterocycles. The quantitative estimate of drug-likeness (QED) is 0.883. The van der Waals surface area contributed by atoms with Crippen LogP contribution in [-0.4, -0.2) is 37.1 Å². The zero-order chi connectivity index (χ0) is 13.7. The molecule has 4 heteroatoms. The number of hydrogen-bond donors (Lipinski definition) is 1. The summed E-state index contributed by atoms with van der Waals surface area (Å²) in [6.45, 7) is 4.31. The van der Waals surface area contributed by atoms with E-state index in [9.17, 15) is 8.78 Å². The van der Waals surface area contributed by atoms with Crippen LogP contribution in [0.4, 0.5) is 8.78 Å². The van der Waals surface area contributed by atoms with Gasteiger partial charge in [0.25, 0.3) is 5.92 Å². The number of hydrogen-bond acceptors (Lipinski definition) is 2. The van der Waals surface area contributed by atoms with Crippen LogP contribution in [0.5, 0.6) is 0 Å². The fourth-order valence-corrected chi connectivity index (χ4v) is 2.70. The Balaban J connectivity index is 2.04. The Hall–Kier alpha value is -1.00. The summed E-state index contributed by atoms with van der Waals surface area (Å²) in [7, 11) is 0. The molecule has 1 heterocycles. The van der Waals surface area contributed by atoms with Crippen LogP contribution in [-0.2, 0) is 5.92 Å². The van der Waals surface area contributed by atoms with E-state index < -0.39 is 5.92 Å². The van der Waals surface area contributed by atoms with Crippen LogP contribution in [0.3, 0.4) is 0 Å². The van der Waals surface area contributed by atoms with Crippen molar-refractivity contribution in [1.29, 1.82) is 0 Å². The average Bonchev–Trinajstić information content (AvgIpc) is 2.47. The van der Waals surface area contributed by atoms with E-state index in [0.717, 1.165) is 25.9 Å². The molecule has 0 amide bonds. The van der Waals surface area contributed by atoms with Crippen molar-refractivity contribution in [2.24, 2.45) is 0 Å². The van der Waals surface area contributed by atoms with Gasteiger partial charge in [-0.25, -0.2) is 0 Å². The van der Waals surface area contributed by atoms with E-state index in [2.05, 4.69) is 5.32 Å². The number of nitrogens with one attached hydrogen (secondary N) is 1. The highest BCUT2D eigenvalue weighted by Gasteiger charge is 2.35. The Morgan fingerprint density at radius 1 is 1.21 bits per heavy atom. The fraction of sp³-hybridized carbons (Fsp3) is 0.600. The maximum Gasteiger partial charge on any atom is 0.285 e. The Labute approximate surface area is 113 Å². The Morgan fingerprint density at radius 3 is 2.42 bits per heavy atom. The van der Waals surface area contributed by atoms with E-state index in [1.807, 2.05) is 11.8 Å². The molecule has 1 aliphatic rings. The topological polar surface area (TPSA) is 15.3 Å². The first-order chi connectivity index (χ1) is 9.13. The van der Waals surface area contributed by atoms with E-state index in [0.29, 0.717) is 6.54 Å². The lowest BCUT2D eigenvalue weighted by Gasteiger charge is -2.36. The second-order valence-corrected chi connectivity index (χ2v) is 5.11. The average molecular weight is 268 g/mol. The molecule has 0 aliphatic carbocycles. The largest absolute Gasteiger partial charge is 0.317 e. The molecular formula is C15H22F2N2. The lowest BCUT2D eigenvalue weighted by atomic mass is 10.0. The second kappa shape index (κ2) is 6.44. The van der Waals surface area contributed by atoms with E-state index in [-0.39, 0.29) is 18.2 Å². The monoisotopic (exact) mass is 268 g/mol. The molecule has 0 spiro atoms. The van der Waals surface area contributed by atoms with Crippen LogP contribution >= 0.6 is 0 Å². The van der Waals surface area contributed by atoms with Gasteiger partial charge in [0.2, 0.25) is 0 Å². The summed E-state index contributed by atoms with van der Waals surface area (Å²) in [6.07, 6.45) is 1.91. The SMILES string of the molecule is CCN(CC(F)(F)c1ccccc1)C1CCNCC1. The van der Waals surface area contributed by atoms with Gasteiger partial charge in [-0.1, -0.05) is 37.3 Å². The number of halogens is 2. The Kier molecular flexibility index (Phi) is 4.88. The summed E-state index contributed by atoms with van der Waals surface area (Å²) in [6, 6.07) is 8.41. The summed E-state index contributed by atoms with van der Waals surface area (Å²) < 4.78 is 28.6. The van der Waals surface area contributed by atoms with Gasteiger partial charge in [0, 0.05) is 11.6 Å². The zero-order valence-corrected chi connectivity index (χ0v) is 11.4. The predicted molar refractivity (Wildman–Crippen MR) is 73.5 cm³/mol. The van der Waals surface area contributed by atoms with Crippen molar-refractivity contribution in [2.75, 3.05) is 26.2 Å². The minimum Gasteiger partial charge on any atom is -0.317 e. The smallest absolute Gasteiger partial charge is 0.285 e. The number of nitrogens with zero attached hydrogens (tertiary/aromatic N) is 1. The predicted octanol–water partition coefficient (Wildman–Crippen LogP) is 2.85. The molecule has 1 fully saturated rings. The van der Waals surface area contributed by atoms with Crippen molar-refractivity contribution in [2.45, 2.75) is 31.7 Å².